The van der Waals surface area contributed by atoms with E-state index in [1.807, 2.05) is 55.4 Å². The average molecular weight is 442 g/mol. The molecule has 4 rings (SSSR count). The average Bonchev–Trinajstić information content (AvgIpc) is 3.20. The molecule has 0 saturated carbocycles. The number of carbonyl (C=O) groups excluding carboxylic acids is 1. The first-order valence-electron chi connectivity index (χ1n) is 11.9. The highest BCUT2D eigenvalue weighted by molar-refractivity contribution is 5.99. The number of para-hydroxylation sites is 1. The lowest BCUT2D eigenvalue weighted by molar-refractivity contribution is 0.101. The van der Waals surface area contributed by atoms with E-state index in [1.54, 1.807) is 18.1 Å². The molecule has 3 aromatic rings. The Kier molecular flexibility index (Phi) is 10.6. The molecular weight excluding hydrogens is 402 g/mol. The molecule has 0 saturated heterocycles. The van der Waals surface area contributed by atoms with Gasteiger partial charge in [0.05, 0.1) is 5.69 Å². The molecule has 3 aromatic carbocycles. The number of hydrogen-bond donors (Lipinski definition) is 0. The van der Waals surface area contributed by atoms with Gasteiger partial charge in [0.25, 0.3) is 0 Å². The molecule has 0 aliphatic heterocycles. The quantitative estimate of drug-likeness (QED) is 0.384. The second kappa shape index (κ2) is 13.4. The van der Waals surface area contributed by atoms with E-state index in [9.17, 15) is 4.79 Å². The second-order valence-electron chi connectivity index (χ2n) is 8.79. The Morgan fingerprint density at radius 1 is 0.970 bits per heavy atom. The van der Waals surface area contributed by atoms with Crippen LogP contribution in [0.15, 0.2) is 85.1 Å². The highest BCUT2D eigenvalue weighted by atomic mass is 16.1. The number of nitrogens with zero attached hydrogens (tertiary/aromatic N) is 1. The summed E-state index contributed by atoms with van der Waals surface area (Å²) in [4.78, 5) is 13.3. The van der Waals surface area contributed by atoms with Crippen LogP contribution in [0.2, 0.25) is 0 Å². The lowest BCUT2D eigenvalue weighted by Gasteiger charge is -2.16. The van der Waals surface area contributed by atoms with Crippen LogP contribution in [0.3, 0.4) is 0 Å². The van der Waals surface area contributed by atoms with Crippen molar-refractivity contribution >= 4 is 11.5 Å². The standard InChI is InChI=1S/C12H15NO.C10H12.C9H12/c1-4-9-13(3)12-8-6-5-7-11(12)10(2)14;1-8-6-9-4-2-3-5-10(9)7-8;1-3-9-6-4-5-8(2)7-9/h4-9H,1-3H3;2-5,8H,6-7H2,1H3;4-7H,3H2,1-2H3/b9-4-;;. The summed E-state index contributed by atoms with van der Waals surface area (Å²) in [6, 6.07) is 25.0. The summed E-state index contributed by atoms with van der Waals surface area (Å²) in [5, 5.41) is 0. The van der Waals surface area contributed by atoms with Gasteiger partial charge in [-0.1, -0.05) is 86.2 Å². The molecule has 0 aromatic heterocycles. The Bertz CT molecular complexity index is 1030. The third-order valence-corrected chi connectivity index (χ3v) is 5.78. The molecule has 1 aliphatic carbocycles. The lowest BCUT2D eigenvalue weighted by Crippen LogP contribution is -2.11. The number of carbonyl (C=O) groups is 1. The maximum Gasteiger partial charge on any atom is 0.161 e. The molecule has 0 unspecified atom stereocenters. The van der Waals surface area contributed by atoms with Gasteiger partial charge in [-0.05, 0) is 81.0 Å². The van der Waals surface area contributed by atoms with E-state index < -0.39 is 0 Å². The number of Topliss-reactive ketones (excluding diaryl/α,β-unsaturated/α-hetero) is 1. The molecular formula is C31H39NO. The van der Waals surface area contributed by atoms with Gasteiger partial charge in [-0.15, -0.1) is 0 Å². The van der Waals surface area contributed by atoms with Crippen molar-refractivity contribution in [3.63, 3.8) is 0 Å². The van der Waals surface area contributed by atoms with E-state index in [-0.39, 0.29) is 5.78 Å². The molecule has 2 heteroatoms. The third-order valence-electron chi connectivity index (χ3n) is 5.78. The molecule has 0 N–H and O–H groups in total. The van der Waals surface area contributed by atoms with Crippen molar-refractivity contribution in [3.8, 4) is 0 Å². The van der Waals surface area contributed by atoms with Gasteiger partial charge >= 0.3 is 0 Å². The van der Waals surface area contributed by atoms with Crippen molar-refractivity contribution in [1.82, 2.24) is 0 Å². The van der Waals surface area contributed by atoms with Gasteiger partial charge in [-0.25, -0.2) is 0 Å². The Hall–Kier alpha value is -3.13. The Balaban J connectivity index is 0.000000180. The smallest absolute Gasteiger partial charge is 0.161 e. The van der Waals surface area contributed by atoms with Crippen molar-refractivity contribution in [1.29, 1.82) is 0 Å². The van der Waals surface area contributed by atoms with Crippen molar-refractivity contribution in [2.75, 3.05) is 11.9 Å². The van der Waals surface area contributed by atoms with Crippen LogP contribution in [-0.2, 0) is 19.3 Å². The number of allylic oxidation sites excluding steroid dienone is 1. The highest BCUT2D eigenvalue weighted by Crippen LogP contribution is 2.25. The Labute approximate surface area is 201 Å². The van der Waals surface area contributed by atoms with Gasteiger partial charge in [0.2, 0.25) is 0 Å². The molecule has 174 valence electrons. The van der Waals surface area contributed by atoms with Crippen molar-refractivity contribution in [2.45, 2.75) is 53.9 Å². The molecule has 1 aliphatic rings. The largest absolute Gasteiger partial charge is 0.351 e. The number of ketones is 1. The van der Waals surface area contributed by atoms with E-state index in [2.05, 4.69) is 69.3 Å². The molecule has 0 atom stereocenters. The number of hydrogen-bond acceptors (Lipinski definition) is 2. The van der Waals surface area contributed by atoms with Crippen LogP contribution in [-0.4, -0.2) is 12.8 Å². The van der Waals surface area contributed by atoms with Crippen molar-refractivity contribution in [3.05, 3.63) is 113 Å². The van der Waals surface area contributed by atoms with Crippen molar-refractivity contribution < 1.29 is 4.79 Å². The van der Waals surface area contributed by atoms with Crippen LogP contribution in [0, 0.1) is 12.8 Å². The molecule has 0 amide bonds. The Morgan fingerprint density at radius 3 is 2.09 bits per heavy atom. The molecule has 0 spiro atoms. The maximum absolute atomic E-state index is 11.3. The number of anilines is 1. The van der Waals surface area contributed by atoms with Gasteiger partial charge in [-0.3, -0.25) is 4.79 Å². The summed E-state index contributed by atoms with van der Waals surface area (Å²) in [5.41, 5.74) is 7.61. The van der Waals surface area contributed by atoms with Gasteiger partial charge in [0.15, 0.2) is 5.78 Å². The fraction of sp³-hybridized carbons (Fsp3) is 0.323. The normalized spacial score (nSPS) is 12.3. The highest BCUT2D eigenvalue weighted by Gasteiger charge is 2.15. The minimum absolute atomic E-state index is 0.0944. The summed E-state index contributed by atoms with van der Waals surface area (Å²) in [6.45, 7) is 10.2. The van der Waals surface area contributed by atoms with Gasteiger partial charge in [0.1, 0.15) is 0 Å². The molecule has 0 fully saturated rings. The summed E-state index contributed by atoms with van der Waals surface area (Å²) in [5.74, 6) is 0.967. The number of aryl methyl sites for hydroxylation is 2. The number of fused-ring (bicyclic) bond motifs is 1. The van der Waals surface area contributed by atoms with E-state index >= 15 is 0 Å². The predicted molar refractivity (Wildman–Crippen MR) is 143 cm³/mol. The Morgan fingerprint density at radius 2 is 1.58 bits per heavy atom. The molecule has 0 heterocycles. The van der Waals surface area contributed by atoms with E-state index in [0.717, 1.165) is 23.6 Å². The molecule has 2 nitrogen and oxygen atoms in total. The number of benzene rings is 3. The zero-order chi connectivity index (χ0) is 24.2. The lowest BCUT2D eigenvalue weighted by atomic mass is 10.1. The molecule has 0 radical (unpaired) electrons. The van der Waals surface area contributed by atoms with Crippen LogP contribution in [0.5, 0.6) is 0 Å². The summed E-state index contributed by atoms with van der Waals surface area (Å²) >= 11 is 0. The van der Waals surface area contributed by atoms with Crippen LogP contribution < -0.4 is 4.90 Å². The minimum atomic E-state index is 0.0944. The zero-order valence-electron chi connectivity index (χ0n) is 21.1. The first-order valence-corrected chi connectivity index (χ1v) is 11.9. The zero-order valence-corrected chi connectivity index (χ0v) is 21.1. The van der Waals surface area contributed by atoms with E-state index in [0.29, 0.717) is 0 Å². The SMILES string of the molecule is C/C=C\N(C)c1ccccc1C(C)=O.CC1Cc2ccccc2C1.CCc1cccc(C)c1. The fourth-order valence-corrected chi connectivity index (χ4v) is 4.09. The number of rotatable bonds is 4. The van der Waals surface area contributed by atoms with Gasteiger partial charge in [0, 0.05) is 12.6 Å². The monoisotopic (exact) mass is 441 g/mol. The summed E-state index contributed by atoms with van der Waals surface area (Å²) in [7, 11) is 1.93. The van der Waals surface area contributed by atoms with Crippen LogP contribution >= 0.6 is 0 Å². The van der Waals surface area contributed by atoms with Gasteiger partial charge in [-0.2, -0.15) is 0 Å². The maximum atomic E-state index is 11.3. The van der Waals surface area contributed by atoms with Crippen LogP contribution in [0.25, 0.3) is 0 Å². The van der Waals surface area contributed by atoms with Crippen molar-refractivity contribution in [2.24, 2.45) is 5.92 Å². The van der Waals surface area contributed by atoms with E-state index in [1.165, 1.54) is 24.0 Å². The van der Waals surface area contributed by atoms with E-state index in [4.69, 9.17) is 0 Å². The summed E-state index contributed by atoms with van der Waals surface area (Å²) in [6.07, 6.45) is 7.59. The molecule has 0 bridgehead atoms. The third kappa shape index (κ3) is 8.38. The van der Waals surface area contributed by atoms with Crippen LogP contribution in [0.4, 0.5) is 5.69 Å². The first-order chi connectivity index (χ1) is 15.8. The first kappa shape index (κ1) is 26.1. The van der Waals surface area contributed by atoms with Gasteiger partial charge < -0.3 is 4.90 Å². The second-order valence-corrected chi connectivity index (χ2v) is 8.79. The minimum Gasteiger partial charge on any atom is -0.351 e. The molecule has 33 heavy (non-hydrogen) atoms. The predicted octanol–water partition coefficient (Wildman–Crippen LogP) is 7.84. The topological polar surface area (TPSA) is 20.3 Å². The summed E-state index contributed by atoms with van der Waals surface area (Å²) < 4.78 is 0. The van der Waals surface area contributed by atoms with Crippen LogP contribution in [0.1, 0.15) is 60.3 Å². The fourth-order valence-electron chi connectivity index (χ4n) is 4.09.